The summed E-state index contributed by atoms with van der Waals surface area (Å²) in [4.78, 5) is 39.2. The van der Waals surface area contributed by atoms with E-state index in [9.17, 15) is 19.7 Å². The van der Waals surface area contributed by atoms with Crippen LogP contribution in [0.25, 0.3) is 10.2 Å². The third-order valence-corrected chi connectivity index (χ3v) is 5.52. The van der Waals surface area contributed by atoms with Gasteiger partial charge in [0.15, 0.2) is 11.4 Å². The van der Waals surface area contributed by atoms with E-state index in [1.807, 2.05) is 0 Å². The van der Waals surface area contributed by atoms with Crippen molar-refractivity contribution in [2.45, 2.75) is 13.5 Å². The Kier molecular flexibility index (Phi) is 7.26. The van der Waals surface area contributed by atoms with Crippen LogP contribution in [0.1, 0.15) is 6.92 Å². The zero-order chi connectivity index (χ0) is 22.5. The van der Waals surface area contributed by atoms with Crippen molar-refractivity contribution < 1.29 is 24.0 Å². The van der Waals surface area contributed by atoms with E-state index < -0.39 is 23.4 Å². The summed E-state index contributed by atoms with van der Waals surface area (Å²) in [5.74, 6) is -0.933. The molecule has 0 aliphatic rings. The number of hydrogen-bond acceptors (Lipinski definition) is 7. The molecule has 0 spiro atoms. The SMILES string of the molecule is CCOC(=O)Cn1c(=NC(=O)COc2ccc(Cl)cc2Cl)sc2ccc([N+](=O)[O-])cc21. The average Bonchev–Trinajstić information content (AvgIpc) is 3.03. The number of esters is 1. The quantitative estimate of drug-likeness (QED) is 0.285. The lowest BCUT2D eigenvalue weighted by Crippen LogP contribution is -2.24. The number of rotatable bonds is 7. The predicted octanol–water partition coefficient (Wildman–Crippen LogP) is 3.99. The second-order valence-electron chi connectivity index (χ2n) is 6.05. The molecule has 12 heteroatoms. The van der Waals surface area contributed by atoms with Gasteiger partial charge in [0, 0.05) is 17.2 Å². The maximum Gasteiger partial charge on any atom is 0.326 e. The summed E-state index contributed by atoms with van der Waals surface area (Å²) in [6.07, 6.45) is 0. The first-order valence-corrected chi connectivity index (χ1v) is 10.4. The maximum absolute atomic E-state index is 12.4. The van der Waals surface area contributed by atoms with Crippen molar-refractivity contribution in [2.75, 3.05) is 13.2 Å². The minimum atomic E-state index is -0.635. The van der Waals surface area contributed by atoms with Crippen LogP contribution in [0.3, 0.4) is 0 Å². The van der Waals surface area contributed by atoms with Gasteiger partial charge in [-0.15, -0.1) is 0 Å². The molecule has 1 heterocycles. The van der Waals surface area contributed by atoms with Gasteiger partial charge in [-0.2, -0.15) is 4.99 Å². The predicted molar refractivity (Wildman–Crippen MR) is 116 cm³/mol. The van der Waals surface area contributed by atoms with Gasteiger partial charge in [0.1, 0.15) is 12.3 Å². The number of carbonyl (C=O) groups excluding carboxylic acids is 2. The normalized spacial score (nSPS) is 11.5. The monoisotopic (exact) mass is 483 g/mol. The first-order valence-electron chi connectivity index (χ1n) is 8.87. The number of fused-ring (bicyclic) bond motifs is 1. The third-order valence-electron chi connectivity index (χ3n) is 3.93. The van der Waals surface area contributed by atoms with Gasteiger partial charge in [-0.25, -0.2) is 0 Å². The molecule has 31 heavy (non-hydrogen) atoms. The van der Waals surface area contributed by atoms with Crippen LogP contribution in [-0.4, -0.2) is 34.6 Å². The molecule has 0 N–H and O–H groups in total. The molecular weight excluding hydrogens is 469 g/mol. The molecule has 2 aromatic carbocycles. The molecule has 1 amide bonds. The summed E-state index contributed by atoms with van der Waals surface area (Å²) >= 11 is 13.0. The van der Waals surface area contributed by atoms with Gasteiger partial charge in [0.25, 0.3) is 11.6 Å². The zero-order valence-electron chi connectivity index (χ0n) is 16.0. The van der Waals surface area contributed by atoms with Crippen LogP contribution in [0.4, 0.5) is 5.69 Å². The van der Waals surface area contributed by atoms with Crippen LogP contribution in [0, 0.1) is 10.1 Å². The number of ether oxygens (including phenoxy) is 2. The Bertz CT molecular complexity index is 1240. The molecule has 1 aromatic heterocycles. The highest BCUT2D eigenvalue weighted by Gasteiger charge is 2.16. The Labute approximate surface area is 189 Å². The number of amides is 1. The number of halogens is 2. The van der Waals surface area contributed by atoms with E-state index in [2.05, 4.69) is 4.99 Å². The molecule has 0 aliphatic carbocycles. The number of hydrogen-bond donors (Lipinski definition) is 0. The average molecular weight is 484 g/mol. The number of carbonyl (C=O) groups is 2. The summed E-state index contributed by atoms with van der Waals surface area (Å²) in [6, 6.07) is 8.76. The van der Waals surface area contributed by atoms with Gasteiger partial charge in [-0.05, 0) is 31.2 Å². The number of nitro benzene ring substituents is 1. The van der Waals surface area contributed by atoms with Crippen LogP contribution in [0.5, 0.6) is 5.75 Å². The topological polar surface area (TPSA) is 113 Å². The van der Waals surface area contributed by atoms with Crippen molar-refractivity contribution in [1.82, 2.24) is 4.57 Å². The number of nitrogens with zero attached hydrogens (tertiary/aromatic N) is 3. The fourth-order valence-corrected chi connectivity index (χ4v) is 4.11. The lowest BCUT2D eigenvalue weighted by atomic mass is 10.3. The Balaban J connectivity index is 1.94. The second-order valence-corrected chi connectivity index (χ2v) is 7.91. The Morgan fingerprint density at radius 2 is 2.00 bits per heavy atom. The van der Waals surface area contributed by atoms with Gasteiger partial charge >= 0.3 is 5.97 Å². The summed E-state index contributed by atoms with van der Waals surface area (Å²) in [7, 11) is 0. The Morgan fingerprint density at radius 1 is 1.23 bits per heavy atom. The van der Waals surface area contributed by atoms with E-state index in [1.54, 1.807) is 13.0 Å². The van der Waals surface area contributed by atoms with E-state index >= 15 is 0 Å². The van der Waals surface area contributed by atoms with E-state index in [4.69, 9.17) is 32.7 Å². The van der Waals surface area contributed by atoms with Gasteiger partial charge in [-0.1, -0.05) is 34.5 Å². The van der Waals surface area contributed by atoms with Crippen LogP contribution in [-0.2, 0) is 20.9 Å². The highest BCUT2D eigenvalue weighted by atomic mass is 35.5. The van der Waals surface area contributed by atoms with Crippen LogP contribution in [0.15, 0.2) is 41.4 Å². The fourth-order valence-electron chi connectivity index (χ4n) is 2.62. The van der Waals surface area contributed by atoms with Crippen molar-refractivity contribution in [2.24, 2.45) is 4.99 Å². The van der Waals surface area contributed by atoms with Crippen molar-refractivity contribution in [3.05, 3.63) is 61.4 Å². The molecule has 0 saturated carbocycles. The highest BCUT2D eigenvalue weighted by Crippen LogP contribution is 2.27. The van der Waals surface area contributed by atoms with Gasteiger partial charge in [-0.3, -0.25) is 19.7 Å². The zero-order valence-corrected chi connectivity index (χ0v) is 18.4. The highest BCUT2D eigenvalue weighted by molar-refractivity contribution is 7.16. The number of thiazole rings is 1. The van der Waals surface area contributed by atoms with Crippen molar-refractivity contribution in [3.63, 3.8) is 0 Å². The lowest BCUT2D eigenvalue weighted by molar-refractivity contribution is -0.384. The number of aromatic nitrogens is 1. The number of benzene rings is 2. The Morgan fingerprint density at radius 3 is 2.68 bits per heavy atom. The van der Waals surface area contributed by atoms with E-state index in [0.717, 1.165) is 11.3 Å². The fraction of sp³-hybridized carbons (Fsp3) is 0.211. The largest absolute Gasteiger partial charge is 0.482 e. The van der Waals surface area contributed by atoms with Crippen LogP contribution >= 0.6 is 34.5 Å². The molecule has 0 fully saturated rings. The van der Waals surface area contributed by atoms with E-state index in [1.165, 1.54) is 34.9 Å². The molecule has 0 saturated heterocycles. The first-order chi connectivity index (χ1) is 14.8. The molecule has 3 aromatic rings. The van der Waals surface area contributed by atoms with Crippen LogP contribution in [0.2, 0.25) is 10.0 Å². The maximum atomic E-state index is 12.4. The van der Waals surface area contributed by atoms with Crippen molar-refractivity contribution >= 4 is 62.3 Å². The molecule has 0 unspecified atom stereocenters. The summed E-state index contributed by atoms with van der Waals surface area (Å²) in [6.45, 7) is 1.16. The van der Waals surface area contributed by atoms with Crippen molar-refractivity contribution in [1.29, 1.82) is 0 Å². The first kappa shape index (κ1) is 22.7. The standard InChI is InChI=1S/C19H15Cl2N3O6S/c1-2-29-18(26)9-23-14-8-12(24(27)28)4-6-16(14)31-19(23)22-17(25)10-30-15-5-3-11(20)7-13(15)21/h3-8H,2,9-10H2,1H3. The van der Waals surface area contributed by atoms with E-state index in [0.29, 0.717) is 15.2 Å². The molecule has 0 atom stereocenters. The minimum Gasteiger partial charge on any atom is -0.482 e. The molecule has 0 bridgehead atoms. The third kappa shape index (κ3) is 5.60. The summed E-state index contributed by atoms with van der Waals surface area (Å²) in [5, 5.41) is 11.8. The van der Waals surface area contributed by atoms with Gasteiger partial charge < -0.3 is 14.0 Å². The summed E-state index contributed by atoms with van der Waals surface area (Å²) < 4.78 is 12.4. The smallest absolute Gasteiger partial charge is 0.326 e. The molecule has 3 rings (SSSR count). The number of non-ortho nitro benzene ring substituents is 1. The number of nitro groups is 1. The summed E-state index contributed by atoms with van der Waals surface area (Å²) in [5.41, 5.74) is 0.238. The van der Waals surface area contributed by atoms with E-state index in [-0.39, 0.29) is 34.4 Å². The minimum absolute atomic E-state index is 0.151. The molecule has 162 valence electrons. The van der Waals surface area contributed by atoms with Crippen molar-refractivity contribution in [3.8, 4) is 5.75 Å². The molecule has 0 aliphatic heterocycles. The molecule has 9 nitrogen and oxygen atoms in total. The van der Waals surface area contributed by atoms with Crippen LogP contribution < -0.4 is 9.54 Å². The second kappa shape index (κ2) is 9.90. The molecular formula is C19H15Cl2N3O6S. The van der Waals surface area contributed by atoms with Gasteiger partial charge in [0.05, 0.1) is 26.8 Å². The lowest BCUT2D eigenvalue weighted by Gasteiger charge is -2.06. The Hall–Kier alpha value is -2.95. The van der Waals surface area contributed by atoms with Gasteiger partial charge in [0.2, 0.25) is 0 Å². The molecule has 0 radical (unpaired) electrons.